The second-order valence-electron chi connectivity index (χ2n) is 5.79. The van der Waals surface area contributed by atoms with Crippen LogP contribution in [0.1, 0.15) is 38.0 Å². The number of hydrogen-bond donors (Lipinski definition) is 2. The first-order chi connectivity index (χ1) is 13.3. The zero-order chi connectivity index (χ0) is 20.4. The van der Waals surface area contributed by atoms with E-state index in [-0.39, 0.29) is 16.7 Å². The molecule has 11 nitrogen and oxygen atoms in total. The van der Waals surface area contributed by atoms with Crippen molar-refractivity contribution < 1.29 is 24.1 Å². The number of aromatic nitrogens is 1. The number of nitrogens with one attached hydrogen (secondary N) is 2. The lowest BCUT2D eigenvalue weighted by atomic mass is 10.1. The molecule has 11 heteroatoms. The Kier molecular flexibility index (Phi) is 4.81. The Morgan fingerprint density at radius 1 is 1.11 bits per heavy atom. The van der Waals surface area contributed by atoms with Gasteiger partial charge in [-0.3, -0.25) is 50.0 Å². The average molecular weight is 383 g/mol. The number of hydrazine groups is 1. The van der Waals surface area contributed by atoms with Gasteiger partial charge in [0.05, 0.1) is 10.5 Å². The number of nitro groups is 1. The number of carbonyl (C=O) groups excluding carboxylic acids is 4. The number of benzene rings is 1. The molecule has 2 heterocycles. The molecular formula is C17H13N5O6. The Balaban J connectivity index is 1.75. The summed E-state index contributed by atoms with van der Waals surface area (Å²) in [6, 6.07) is 5.20. The van der Waals surface area contributed by atoms with Gasteiger partial charge in [-0.2, -0.15) is 0 Å². The van der Waals surface area contributed by atoms with Gasteiger partial charge in [0, 0.05) is 24.0 Å². The minimum atomic E-state index is -1.32. The summed E-state index contributed by atoms with van der Waals surface area (Å²) >= 11 is 0. The van der Waals surface area contributed by atoms with Gasteiger partial charge >= 0.3 is 0 Å². The minimum absolute atomic E-state index is 0.153. The number of rotatable bonds is 4. The Bertz CT molecular complexity index is 1010. The van der Waals surface area contributed by atoms with Crippen LogP contribution < -0.4 is 10.9 Å². The van der Waals surface area contributed by atoms with Crippen LogP contribution in [0.25, 0.3) is 0 Å². The van der Waals surface area contributed by atoms with E-state index in [4.69, 9.17) is 0 Å². The molecule has 0 aliphatic carbocycles. The van der Waals surface area contributed by atoms with E-state index in [1.165, 1.54) is 43.6 Å². The maximum atomic E-state index is 12.6. The molecule has 1 atom stereocenters. The Morgan fingerprint density at radius 2 is 1.79 bits per heavy atom. The van der Waals surface area contributed by atoms with Crippen molar-refractivity contribution in [1.82, 2.24) is 20.7 Å². The van der Waals surface area contributed by atoms with E-state index in [0.717, 1.165) is 6.07 Å². The predicted molar refractivity (Wildman–Crippen MR) is 92.9 cm³/mol. The van der Waals surface area contributed by atoms with Crippen LogP contribution >= 0.6 is 0 Å². The molecule has 2 N–H and O–H groups in total. The fraction of sp³-hybridized carbons (Fsp3) is 0.118. The van der Waals surface area contributed by atoms with Crippen LogP contribution in [-0.4, -0.2) is 44.5 Å². The number of fused-ring (bicyclic) bond motifs is 1. The highest BCUT2D eigenvalue weighted by molar-refractivity contribution is 6.24. The van der Waals surface area contributed by atoms with E-state index in [1.54, 1.807) is 0 Å². The Labute approximate surface area is 157 Å². The molecule has 0 radical (unpaired) electrons. The first kappa shape index (κ1) is 18.6. The summed E-state index contributed by atoms with van der Waals surface area (Å²) < 4.78 is 0. The number of hydrogen-bond acceptors (Lipinski definition) is 7. The summed E-state index contributed by atoms with van der Waals surface area (Å²) in [4.78, 5) is 64.0. The van der Waals surface area contributed by atoms with Crippen LogP contribution in [0.2, 0.25) is 0 Å². The van der Waals surface area contributed by atoms with E-state index >= 15 is 0 Å². The summed E-state index contributed by atoms with van der Waals surface area (Å²) in [6.07, 6.45) is 2.79. The summed E-state index contributed by atoms with van der Waals surface area (Å²) in [5.74, 6) is -3.25. The number of imide groups is 1. The molecule has 0 bridgehead atoms. The summed E-state index contributed by atoms with van der Waals surface area (Å²) in [5, 5.41) is 11.1. The zero-order valence-corrected chi connectivity index (χ0v) is 14.4. The van der Waals surface area contributed by atoms with Crippen LogP contribution in [0.3, 0.4) is 0 Å². The molecule has 1 aromatic carbocycles. The van der Waals surface area contributed by atoms with Gasteiger partial charge < -0.3 is 0 Å². The summed E-state index contributed by atoms with van der Waals surface area (Å²) in [7, 11) is 0. The maximum Gasteiger partial charge on any atom is 0.282 e. The highest BCUT2D eigenvalue weighted by Gasteiger charge is 2.44. The molecule has 3 rings (SSSR count). The van der Waals surface area contributed by atoms with Gasteiger partial charge in [-0.15, -0.1) is 0 Å². The van der Waals surface area contributed by atoms with Crippen molar-refractivity contribution in [3.05, 3.63) is 69.5 Å². The van der Waals surface area contributed by atoms with E-state index in [0.29, 0.717) is 4.90 Å². The molecule has 0 saturated heterocycles. The zero-order valence-electron chi connectivity index (χ0n) is 14.4. The fourth-order valence-corrected chi connectivity index (χ4v) is 2.70. The lowest BCUT2D eigenvalue weighted by molar-refractivity contribution is -0.385. The molecule has 0 saturated carbocycles. The number of amides is 4. The summed E-state index contributed by atoms with van der Waals surface area (Å²) in [6.45, 7) is 1.27. The van der Waals surface area contributed by atoms with Crippen molar-refractivity contribution in [3.8, 4) is 0 Å². The second-order valence-corrected chi connectivity index (χ2v) is 5.79. The van der Waals surface area contributed by atoms with Crippen LogP contribution in [0, 0.1) is 10.1 Å². The number of nitrogens with zero attached hydrogens (tertiary/aromatic N) is 3. The predicted octanol–water partition coefficient (Wildman–Crippen LogP) is 0.435. The molecule has 0 fully saturated rings. The first-order valence-electron chi connectivity index (χ1n) is 7.98. The quantitative estimate of drug-likeness (QED) is 0.441. The number of pyridine rings is 1. The molecule has 1 unspecified atom stereocenters. The summed E-state index contributed by atoms with van der Waals surface area (Å²) in [5.41, 5.74) is 3.49. The third-order valence-electron chi connectivity index (χ3n) is 4.13. The Hall–Kier alpha value is -4.15. The molecule has 1 aliphatic heterocycles. The van der Waals surface area contributed by atoms with Crippen molar-refractivity contribution >= 4 is 29.3 Å². The van der Waals surface area contributed by atoms with E-state index < -0.39 is 40.3 Å². The number of carbonyl (C=O) groups is 4. The van der Waals surface area contributed by atoms with E-state index in [1.807, 2.05) is 0 Å². The molecule has 1 aromatic heterocycles. The second kappa shape index (κ2) is 7.23. The maximum absolute atomic E-state index is 12.6. The molecule has 0 spiro atoms. The Morgan fingerprint density at radius 3 is 2.43 bits per heavy atom. The highest BCUT2D eigenvalue weighted by atomic mass is 16.6. The van der Waals surface area contributed by atoms with Gasteiger partial charge in [-0.25, -0.2) is 0 Å². The SMILES string of the molecule is CC(C(=O)NNC(=O)c1ccncc1)N1C(=O)c2cccc([N+](=O)[O-])c2C1=O. The average Bonchev–Trinajstić information content (AvgIpc) is 2.96. The van der Waals surface area contributed by atoms with Crippen molar-refractivity contribution in [3.63, 3.8) is 0 Å². The lowest BCUT2D eigenvalue weighted by Gasteiger charge is -2.21. The normalized spacial score (nSPS) is 13.7. The van der Waals surface area contributed by atoms with Gasteiger partial charge in [0.1, 0.15) is 11.6 Å². The molecule has 1 aliphatic rings. The molecule has 4 amide bonds. The topological polar surface area (TPSA) is 152 Å². The van der Waals surface area contributed by atoms with Crippen molar-refractivity contribution in [2.45, 2.75) is 13.0 Å². The smallest absolute Gasteiger partial charge is 0.271 e. The standard InChI is InChI=1S/C17H13N5O6/c1-9(14(23)19-20-15(24)10-5-7-18-8-6-10)21-16(25)11-3-2-4-12(22(27)28)13(11)17(21)26/h2-9H,1H3,(H,19,23)(H,20,24). The largest absolute Gasteiger partial charge is 0.282 e. The third-order valence-corrected chi connectivity index (χ3v) is 4.13. The van der Waals surface area contributed by atoms with Crippen molar-refractivity contribution in [2.24, 2.45) is 0 Å². The van der Waals surface area contributed by atoms with Gasteiger partial charge in [0.25, 0.3) is 29.3 Å². The lowest BCUT2D eigenvalue weighted by Crippen LogP contribution is -2.52. The van der Waals surface area contributed by atoms with Crippen LogP contribution in [0.5, 0.6) is 0 Å². The van der Waals surface area contributed by atoms with E-state index in [2.05, 4.69) is 15.8 Å². The minimum Gasteiger partial charge on any atom is -0.271 e. The van der Waals surface area contributed by atoms with Gasteiger partial charge in [-0.1, -0.05) is 6.07 Å². The fourth-order valence-electron chi connectivity index (χ4n) is 2.70. The number of nitro benzene ring substituents is 1. The molecular weight excluding hydrogens is 370 g/mol. The first-order valence-corrected chi connectivity index (χ1v) is 7.98. The van der Waals surface area contributed by atoms with Crippen molar-refractivity contribution in [1.29, 1.82) is 0 Å². The third kappa shape index (κ3) is 3.16. The molecule has 142 valence electrons. The van der Waals surface area contributed by atoms with E-state index in [9.17, 15) is 29.3 Å². The van der Waals surface area contributed by atoms with Crippen LogP contribution in [0.4, 0.5) is 5.69 Å². The molecule has 28 heavy (non-hydrogen) atoms. The van der Waals surface area contributed by atoms with Gasteiger partial charge in [0.15, 0.2) is 0 Å². The molecule has 2 aromatic rings. The van der Waals surface area contributed by atoms with Gasteiger partial charge in [-0.05, 0) is 25.1 Å². The monoisotopic (exact) mass is 383 g/mol. The van der Waals surface area contributed by atoms with Crippen molar-refractivity contribution in [2.75, 3.05) is 0 Å². The highest BCUT2D eigenvalue weighted by Crippen LogP contribution is 2.31. The van der Waals surface area contributed by atoms with Crippen LogP contribution in [-0.2, 0) is 4.79 Å². The van der Waals surface area contributed by atoms with Gasteiger partial charge in [0.2, 0.25) is 0 Å². The van der Waals surface area contributed by atoms with Crippen LogP contribution in [0.15, 0.2) is 42.7 Å².